The van der Waals surface area contributed by atoms with Crippen molar-refractivity contribution in [3.63, 3.8) is 0 Å². The average Bonchev–Trinajstić information content (AvgIpc) is 3.32. The zero-order valence-electron chi connectivity index (χ0n) is 15.8. The largest absolute Gasteiger partial charge is 0.507 e. The molecule has 6 nitrogen and oxygen atoms in total. The summed E-state index contributed by atoms with van der Waals surface area (Å²) in [5.41, 5.74) is 1.20. The molecule has 3 heterocycles. The van der Waals surface area contributed by atoms with E-state index in [1.807, 2.05) is 17.5 Å². The molecule has 1 atom stereocenters. The van der Waals surface area contributed by atoms with Crippen molar-refractivity contribution in [1.82, 2.24) is 4.57 Å². The van der Waals surface area contributed by atoms with Crippen LogP contribution in [0.3, 0.4) is 0 Å². The third-order valence-corrected chi connectivity index (χ3v) is 6.46. The maximum Gasteiger partial charge on any atom is 0.338 e. The van der Waals surface area contributed by atoms with Gasteiger partial charge in [0.1, 0.15) is 11.8 Å². The quantitative estimate of drug-likeness (QED) is 0.650. The molecule has 0 unspecified atom stereocenters. The lowest BCUT2D eigenvalue weighted by Gasteiger charge is -2.23. The summed E-state index contributed by atoms with van der Waals surface area (Å²) < 4.78 is 7.23. The van der Waals surface area contributed by atoms with Crippen molar-refractivity contribution in [3.8, 4) is 5.75 Å². The molecule has 0 radical (unpaired) electrons. The molecule has 1 aliphatic rings. The summed E-state index contributed by atoms with van der Waals surface area (Å²) in [6.07, 6.45) is 1.65. The van der Waals surface area contributed by atoms with Crippen LogP contribution in [0.5, 0.6) is 5.75 Å². The molecule has 2 aromatic heterocycles. The van der Waals surface area contributed by atoms with E-state index in [1.165, 1.54) is 22.7 Å². The van der Waals surface area contributed by atoms with Gasteiger partial charge in [-0.1, -0.05) is 35.6 Å². The lowest BCUT2D eigenvalue weighted by atomic mass is 10.0. The Bertz CT molecular complexity index is 1280. The number of hydrogen-bond donors (Lipinski definition) is 1. The monoisotopic (exact) mass is 426 g/mol. The van der Waals surface area contributed by atoms with Gasteiger partial charge in [-0.3, -0.25) is 9.36 Å². The Morgan fingerprint density at radius 2 is 2.10 bits per heavy atom. The van der Waals surface area contributed by atoms with E-state index in [2.05, 4.69) is 4.99 Å². The molecule has 0 bridgehead atoms. The number of ether oxygens (including phenoxy) is 1. The fourth-order valence-corrected chi connectivity index (χ4v) is 5.12. The van der Waals surface area contributed by atoms with Crippen molar-refractivity contribution >= 4 is 34.7 Å². The fraction of sp³-hybridized carbons (Fsp3) is 0.190. The highest BCUT2D eigenvalue weighted by Crippen LogP contribution is 2.33. The number of carbonyl (C=O) groups excluding carboxylic acids is 1. The number of aromatic hydroxyl groups is 1. The van der Waals surface area contributed by atoms with Crippen LogP contribution in [0.4, 0.5) is 0 Å². The lowest BCUT2D eigenvalue weighted by molar-refractivity contribution is -0.139. The maximum absolute atomic E-state index is 13.3. The predicted molar refractivity (Wildman–Crippen MR) is 113 cm³/mol. The van der Waals surface area contributed by atoms with E-state index in [0.717, 1.165) is 4.88 Å². The highest BCUT2D eigenvalue weighted by atomic mass is 32.1. The summed E-state index contributed by atoms with van der Waals surface area (Å²) in [5.74, 6) is -0.376. The van der Waals surface area contributed by atoms with Gasteiger partial charge >= 0.3 is 5.97 Å². The molecule has 4 rings (SSSR count). The second-order valence-corrected chi connectivity index (χ2v) is 8.36. The molecule has 0 aliphatic carbocycles. The van der Waals surface area contributed by atoms with Gasteiger partial charge in [0.2, 0.25) is 0 Å². The first-order valence-corrected chi connectivity index (χ1v) is 10.7. The molecule has 148 valence electrons. The zero-order chi connectivity index (χ0) is 20.5. The lowest BCUT2D eigenvalue weighted by Crippen LogP contribution is -2.39. The van der Waals surface area contributed by atoms with Crippen molar-refractivity contribution < 1.29 is 14.6 Å². The van der Waals surface area contributed by atoms with Crippen LogP contribution < -0.4 is 14.9 Å². The smallest absolute Gasteiger partial charge is 0.338 e. The van der Waals surface area contributed by atoms with Crippen LogP contribution in [0.15, 0.2) is 62.8 Å². The first-order valence-electron chi connectivity index (χ1n) is 9.02. The number of esters is 1. The summed E-state index contributed by atoms with van der Waals surface area (Å²) in [6.45, 7) is 3.74. The van der Waals surface area contributed by atoms with Gasteiger partial charge in [-0.05, 0) is 37.4 Å². The highest BCUT2D eigenvalue weighted by Gasteiger charge is 2.33. The molecule has 29 heavy (non-hydrogen) atoms. The third kappa shape index (κ3) is 3.45. The number of nitrogens with zero attached hydrogens (tertiary/aromatic N) is 2. The Morgan fingerprint density at radius 3 is 2.79 bits per heavy atom. The molecular formula is C21H18N2O4S2. The number of hydrogen-bond acceptors (Lipinski definition) is 7. The van der Waals surface area contributed by atoms with Crippen molar-refractivity contribution in [2.24, 2.45) is 4.99 Å². The molecule has 0 saturated carbocycles. The minimum atomic E-state index is -0.586. The van der Waals surface area contributed by atoms with E-state index >= 15 is 0 Å². The van der Waals surface area contributed by atoms with Crippen LogP contribution in [-0.4, -0.2) is 22.2 Å². The number of phenolic OH excluding ortho intramolecular Hbond substituents is 1. The maximum atomic E-state index is 13.3. The highest BCUT2D eigenvalue weighted by molar-refractivity contribution is 7.10. The number of fused-ring (bicyclic) bond motifs is 1. The van der Waals surface area contributed by atoms with Crippen LogP contribution in [0.1, 0.15) is 30.3 Å². The first-order chi connectivity index (χ1) is 14.0. The van der Waals surface area contributed by atoms with Crippen LogP contribution in [0.2, 0.25) is 0 Å². The van der Waals surface area contributed by atoms with Gasteiger partial charge in [-0.2, -0.15) is 0 Å². The Labute approximate surface area is 174 Å². The second kappa shape index (κ2) is 7.81. The molecule has 0 spiro atoms. The van der Waals surface area contributed by atoms with Crippen molar-refractivity contribution in [2.75, 3.05) is 6.61 Å². The molecule has 1 N–H and O–H groups in total. The van der Waals surface area contributed by atoms with Gasteiger partial charge in [0.05, 0.1) is 22.4 Å². The van der Waals surface area contributed by atoms with Crippen molar-refractivity contribution in [1.29, 1.82) is 0 Å². The Hall–Kier alpha value is -2.97. The van der Waals surface area contributed by atoms with Crippen LogP contribution in [0.25, 0.3) is 6.08 Å². The number of benzene rings is 1. The predicted octanol–water partition coefficient (Wildman–Crippen LogP) is 2.57. The van der Waals surface area contributed by atoms with Crippen LogP contribution in [0, 0.1) is 0 Å². The van der Waals surface area contributed by atoms with Gasteiger partial charge in [0.15, 0.2) is 4.80 Å². The summed E-state index contributed by atoms with van der Waals surface area (Å²) in [5, 5.41) is 12.0. The second-order valence-electron chi connectivity index (χ2n) is 6.38. The third-order valence-electron chi connectivity index (χ3n) is 4.55. The molecule has 3 aromatic rings. The number of allylic oxidation sites excluding steroid dienone is 1. The fourth-order valence-electron chi connectivity index (χ4n) is 3.26. The number of rotatable bonds is 4. The number of para-hydroxylation sites is 1. The zero-order valence-corrected chi connectivity index (χ0v) is 17.4. The van der Waals surface area contributed by atoms with Gasteiger partial charge in [0, 0.05) is 10.4 Å². The van der Waals surface area contributed by atoms with Crippen molar-refractivity contribution in [2.45, 2.75) is 19.9 Å². The molecule has 1 aliphatic heterocycles. The molecule has 8 heteroatoms. The molecule has 0 fully saturated rings. The normalized spacial score (nSPS) is 16.5. The molecule has 0 saturated heterocycles. The van der Waals surface area contributed by atoms with E-state index in [-0.39, 0.29) is 17.9 Å². The van der Waals surface area contributed by atoms with Crippen LogP contribution >= 0.6 is 22.7 Å². The minimum Gasteiger partial charge on any atom is -0.507 e. The summed E-state index contributed by atoms with van der Waals surface area (Å²) in [6, 6.07) is 10.0. The van der Waals surface area contributed by atoms with Crippen LogP contribution in [-0.2, 0) is 9.53 Å². The molecular weight excluding hydrogens is 408 g/mol. The number of phenols is 1. The van der Waals surface area contributed by atoms with E-state index in [9.17, 15) is 14.7 Å². The van der Waals surface area contributed by atoms with Gasteiger partial charge < -0.3 is 9.84 Å². The Kier molecular flexibility index (Phi) is 5.21. The van der Waals surface area contributed by atoms with E-state index < -0.39 is 12.0 Å². The Balaban J connectivity index is 1.96. The van der Waals surface area contributed by atoms with E-state index in [4.69, 9.17) is 4.74 Å². The minimum absolute atomic E-state index is 0.0940. The summed E-state index contributed by atoms with van der Waals surface area (Å²) >= 11 is 2.70. The number of thiophene rings is 1. The standard InChI is InChI=1S/C21H18N2O4S2/c1-3-27-20(26)17-12(2)22-21-23(18(17)15-9-6-10-28-15)19(25)16(29-21)11-13-7-4-5-8-14(13)24/h4-11,18,24H,3H2,1-2H3/b16-11+/t18-/m0/s1. The van der Waals surface area contributed by atoms with E-state index in [1.54, 1.807) is 48.8 Å². The SMILES string of the molecule is CCOC(=O)C1=C(C)N=c2s/c(=C/c3ccccc3O)c(=O)n2[C@H]1c1cccs1. The number of thiazole rings is 1. The average molecular weight is 427 g/mol. The van der Waals surface area contributed by atoms with Gasteiger partial charge in [-0.25, -0.2) is 9.79 Å². The van der Waals surface area contributed by atoms with Gasteiger partial charge in [0.25, 0.3) is 5.56 Å². The first kappa shape index (κ1) is 19.4. The van der Waals surface area contributed by atoms with Gasteiger partial charge in [-0.15, -0.1) is 11.3 Å². The number of aromatic nitrogens is 1. The molecule has 0 amide bonds. The van der Waals surface area contributed by atoms with Crippen molar-refractivity contribution in [3.05, 3.63) is 83.2 Å². The summed E-state index contributed by atoms with van der Waals surface area (Å²) in [7, 11) is 0. The van der Waals surface area contributed by atoms with E-state index in [0.29, 0.717) is 26.2 Å². The summed E-state index contributed by atoms with van der Waals surface area (Å²) in [4.78, 5) is 31.9. The topological polar surface area (TPSA) is 80.9 Å². The number of carbonyl (C=O) groups is 1. The Morgan fingerprint density at radius 1 is 1.31 bits per heavy atom. The molecule has 1 aromatic carbocycles.